The van der Waals surface area contributed by atoms with E-state index in [0.717, 1.165) is 44.4 Å². The molecule has 4 unspecified atom stereocenters. The Hall–Kier alpha value is -0.940. The van der Waals surface area contributed by atoms with Crippen molar-refractivity contribution in [1.82, 2.24) is 0 Å². The second-order valence-corrected chi connectivity index (χ2v) is 9.22. The quantitative estimate of drug-likeness (QED) is 0.383. The van der Waals surface area contributed by atoms with Crippen molar-refractivity contribution in [2.75, 3.05) is 0 Å². The predicted octanol–water partition coefficient (Wildman–Crippen LogP) is 4.19. The molecular formula is C23H40O5. The molecule has 0 aliphatic heterocycles. The van der Waals surface area contributed by atoms with E-state index in [1.165, 1.54) is 12.8 Å². The first-order valence-electron chi connectivity index (χ1n) is 11.5. The van der Waals surface area contributed by atoms with Crippen molar-refractivity contribution >= 4 is 11.8 Å². The highest BCUT2D eigenvalue weighted by molar-refractivity contribution is 5.84. The smallest absolute Gasteiger partial charge is 0.306 e. The van der Waals surface area contributed by atoms with Gasteiger partial charge in [0.2, 0.25) is 0 Å². The maximum atomic E-state index is 12.3. The van der Waals surface area contributed by atoms with Gasteiger partial charge in [-0.1, -0.05) is 39.5 Å². The van der Waals surface area contributed by atoms with Gasteiger partial charge in [0.15, 0.2) is 0 Å². The van der Waals surface area contributed by atoms with Gasteiger partial charge in [-0.05, 0) is 62.7 Å². The molecule has 3 N–H and O–H groups in total. The Morgan fingerprint density at radius 1 is 1.11 bits per heavy atom. The summed E-state index contributed by atoms with van der Waals surface area (Å²) in [6.45, 7) is 4.11. The molecule has 0 radical (unpaired) electrons. The van der Waals surface area contributed by atoms with E-state index in [4.69, 9.17) is 5.11 Å². The van der Waals surface area contributed by atoms with Crippen LogP contribution < -0.4 is 0 Å². The van der Waals surface area contributed by atoms with Gasteiger partial charge in [-0.15, -0.1) is 0 Å². The van der Waals surface area contributed by atoms with E-state index in [9.17, 15) is 19.8 Å². The predicted molar refractivity (Wildman–Crippen MR) is 109 cm³/mol. The van der Waals surface area contributed by atoms with Crippen molar-refractivity contribution in [3.63, 3.8) is 0 Å². The average molecular weight is 397 g/mol. The first-order valence-corrected chi connectivity index (χ1v) is 11.5. The first-order chi connectivity index (χ1) is 13.4. The van der Waals surface area contributed by atoms with Crippen molar-refractivity contribution in [2.24, 2.45) is 29.6 Å². The lowest BCUT2D eigenvalue weighted by Crippen LogP contribution is -2.23. The monoisotopic (exact) mass is 396 g/mol. The summed E-state index contributed by atoms with van der Waals surface area (Å²) in [6, 6.07) is 0. The lowest BCUT2D eigenvalue weighted by Gasteiger charge is -2.22. The van der Waals surface area contributed by atoms with Gasteiger partial charge in [-0.25, -0.2) is 0 Å². The number of carboxylic acids is 1. The number of ketones is 1. The number of carboxylic acid groups (broad SMARTS) is 1. The Kier molecular flexibility index (Phi) is 9.42. The highest BCUT2D eigenvalue weighted by atomic mass is 16.4. The van der Waals surface area contributed by atoms with Crippen molar-refractivity contribution in [3.05, 3.63) is 0 Å². The summed E-state index contributed by atoms with van der Waals surface area (Å²) in [7, 11) is 0. The van der Waals surface area contributed by atoms with Gasteiger partial charge in [0.25, 0.3) is 0 Å². The van der Waals surface area contributed by atoms with Crippen molar-refractivity contribution in [3.8, 4) is 0 Å². The van der Waals surface area contributed by atoms with E-state index in [2.05, 4.69) is 6.92 Å². The number of unbranched alkanes of at least 4 members (excludes halogenated alkanes) is 2. The van der Waals surface area contributed by atoms with Crippen LogP contribution in [0.25, 0.3) is 0 Å². The minimum Gasteiger partial charge on any atom is -0.481 e. The molecule has 2 fully saturated rings. The number of hydrogen-bond acceptors (Lipinski definition) is 4. The Morgan fingerprint density at radius 2 is 1.86 bits per heavy atom. The summed E-state index contributed by atoms with van der Waals surface area (Å²) < 4.78 is 0. The number of aliphatic hydroxyl groups excluding tert-OH is 2. The fraction of sp³-hybridized carbons (Fsp3) is 0.913. The molecule has 5 heteroatoms. The van der Waals surface area contributed by atoms with Gasteiger partial charge < -0.3 is 15.3 Å². The van der Waals surface area contributed by atoms with Gasteiger partial charge in [-0.2, -0.15) is 0 Å². The fourth-order valence-corrected chi connectivity index (χ4v) is 5.17. The molecule has 0 amide bonds. The third kappa shape index (κ3) is 6.84. The number of carbonyl (C=O) groups excluding carboxylic acids is 1. The zero-order valence-corrected chi connectivity index (χ0v) is 17.7. The molecular weight excluding hydrogens is 356 g/mol. The van der Waals surface area contributed by atoms with E-state index >= 15 is 0 Å². The first kappa shape index (κ1) is 23.3. The number of aliphatic hydroxyl groups is 2. The Morgan fingerprint density at radius 3 is 2.46 bits per heavy atom. The number of hydrogen-bond donors (Lipinski definition) is 3. The fourth-order valence-electron chi connectivity index (χ4n) is 5.17. The van der Waals surface area contributed by atoms with E-state index in [0.29, 0.717) is 25.2 Å². The molecule has 0 spiro atoms. The zero-order valence-electron chi connectivity index (χ0n) is 17.7. The minimum atomic E-state index is -0.716. The summed E-state index contributed by atoms with van der Waals surface area (Å²) >= 11 is 0. The van der Waals surface area contributed by atoms with Gasteiger partial charge in [-0.3, -0.25) is 9.59 Å². The standard InChI is InChI=1S/C23H40O5/c1-3-15(23(27)28)8-6-5-7-9-19-20(22(26)14-21(19)25)11-10-18(24)13-17-12-16(17)4-2/h15-20,22,24,26H,3-14H2,1-2H3,(H,27,28)/t15?,16?,17?,18?,19-,20-,22-/m1/s1. The largest absolute Gasteiger partial charge is 0.481 e. The maximum absolute atomic E-state index is 12.3. The SMILES string of the molecule is CCC(CCCCC[C@H]1C(=O)C[C@@H](O)[C@@H]1CCC(O)CC1CC1CC)C(=O)O. The van der Waals surface area contributed by atoms with Crippen LogP contribution in [0, 0.1) is 29.6 Å². The van der Waals surface area contributed by atoms with E-state index in [1.807, 2.05) is 6.92 Å². The van der Waals surface area contributed by atoms with E-state index in [1.54, 1.807) is 0 Å². The third-order valence-electron chi connectivity index (χ3n) is 7.25. The molecule has 162 valence electrons. The van der Waals surface area contributed by atoms with E-state index in [-0.39, 0.29) is 36.1 Å². The molecule has 28 heavy (non-hydrogen) atoms. The topological polar surface area (TPSA) is 94.8 Å². The summed E-state index contributed by atoms with van der Waals surface area (Å²) in [6.07, 6.45) is 8.91. The van der Waals surface area contributed by atoms with Gasteiger partial charge in [0.1, 0.15) is 5.78 Å². The molecule has 2 aliphatic rings. The van der Waals surface area contributed by atoms with Crippen LogP contribution in [0.2, 0.25) is 0 Å². The number of Topliss-reactive ketones (excluding diaryl/α,β-unsaturated/α-hetero) is 1. The highest BCUT2D eigenvalue weighted by Gasteiger charge is 2.41. The molecule has 0 heterocycles. The van der Waals surface area contributed by atoms with Crippen LogP contribution >= 0.6 is 0 Å². The lowest BCUT2D eigenvalue weighted by molar-refractivity contribution is -0.142. The van der Waals surface area contributed by atoms with Crippen LogP contribution in [-0.4, -0.2) is 39.3 Å². The van der Waals surface area contributed by atoms with Crippen molar-refractivity contribution in [2.45, 2.75) is 103 Å². The zero-order chi connectivity index (χ0) is 20.7. The molecule has 0 bridgehead atoms. The number of rotatable bonds is 14. The third-order valence-corrected chi connectivity index (χ3v) is 7.25. The molecule has 7 atom stereocenters. The average Bonchev–Trinajstić information content (AvgIpc) is 3.33. The van der Waals surface area contributed by atoms with E-state index < -0.39 is 12.1 Å². The lowest BCUT2D eigenvalue weighted by atomic mass is 9.84. The summed E-state index contributed by atoms with van der Waals surface area (Å²) in [5.74, 6) is 0.531. The van der Waals surface area contributed by atoms with Crippen LogP contribution in [0.4, 0.5) is 0 Å². The van der Waals surface area contributed by atoms with Gasteiger partial charge >= 0.3 is 5.97 Å². The molecule has 0 aromatic carbocycles. The van der Waals surface area contributed by atoms with Crippen LogP contribution in [-0.2, 0) is 9.59 Å². The summed E-state index contributed by atoms with van der Waals surface area (Å²) in [4.78, 5) is 23.4. The molecule has 2 aliphatic carbocycles. The molecule has 5 nitrogen and oxygen atoms in total. The molecule has 2 rings (SSSR count). The maximum Gasteiger partial charge on any atom is 0.306 e. The Bertz CT molecular complexity index is 505. The molecule has 2 saturated carbocycles. The molecule has 0 aromatic heterocycles. The van der Waals surface area contributed by atoms with Crippen molar-refractivity contribution < 1.29 is 24.9 Å². The van der Waals surface area contributed by atoms with Crippen LogP contribution in [0.15, 0.2) is 0 Å². The normalized spacial score (nSPS) is 31.7. The number of carbonyl (C=O) groups is 2. The number of aliphatic carboxylic acids is 1. The van der Waals surface area contributed by atoms with Crippen LogP contribution in [0.3, 0.4) is 0 Å². The Labute approximate surface area is 169 Å². The Balaban J connectivity index is 1.69. The highest BCUT2D eigenvalue weighted by Crippen LogP contribution is 2.45. The summed E-state index contributed by atoms with van der Waals surface area (Å²) in [5.41, 5.74) is 0. The summed E-state index contributed by atoms with van der Waals surface area (Å²) in [5, 5.41) is 29.7. The van der Waals surface area contributed by atoms with Gasteiger partial charge in [0.05, 0.1) is 18.1 Å². The molecule has 0 saturated heterocycles. The van der Waals surface area contributed by atoms with Crippen LogP contribution in [0.5, 0.6) is 0 Å². The second kappa shape index (κ2) is 11.3. The van der Waals surface area contributed by atoms with Crippen LogP contribution in [0.1, 0.15) is 90.9 Å². The minimum absolute atomic E-state index is 0.0225. The van der Waals surface area contributed by atoms with Crippen molar-refractivity contribution in [1.29, 1.82) is 0 Å². The molecule has 0 aromatic rings. The second-order valence-electron chi connectivity index (χ2n) is 9.22. The van der Waals surface area contributed by atoms with Gasteiger partial charge in [0, 0.05) is 12.3 Å².